The fraction of sp³-hybridized carbons (Fsp3) is 0.533. The number of benzene rings is 1. The fourth-order valence-corrected chi connectivity index (χ4v) is 3.56. The minimum Gasteiger partial charge on any atom is -0.349 e. The van der Waals surface area contributed by atoms with Gasteiger partial charge in [0, 0.05) is 28.2 Å². The van der Waals surface area contributed by atoms with Gasteiger partial charge in [-0.2, -0.15) is 0 Å². The molecule has 2 N–H and O–H groups in total. The molecule has 0 spiro atoms. The van der Waals surface area contributed by atoms with Gasteiger partial charge < -0.3 is 10.6 Å². The van der Waals surface area contributed by atoms with Gasteiger partial charge in [-0.05, 0) is 50.3 Å². The van der Waals surface area contributed by atoms with E-state index in [9.17, 15) is 4.79 Å². The van der Waals surface area contributed by atoms with Crippen LogP contribution in [0.15, 0.2) is 22.7 Å². The van der Waals surface area contributed by atoms with E-state index >= 15 is 0 Å². The lowest BCUT2D eigenvalue weighted by Crippen LogP contribution is -2.48. The highest BCUT2D eigenvalue weighted by Crippen LogP contribution is 2.27. The van der Waals surface area contributed by atoms with E-state index in [4.69, 9.17) is 0 Å². The van der Waals surface area contributed by atoms with Gasteiger partial charge in [-0.25, -0.2) is 0 Å². The maximum Gasteiger partial charge on any atom is 0.251 e. The number of aryl methyl sites for hydroxylation is 1. The molecule has 5 heteroatoms. The van der Waals surface area contributed by atoms with E-state index in [1.807, 2.05) is 25.1 Å². The van der Waals surface area contributed by atoms with E-state index in [1.54, 1.807) is 0 Å². The lowest BCUT2D eigenvalue weighted by atomic mass is 9.99. The van der Waals surface area contributed by atoms with Gasteiger partial charge in [0.05, 0.1) is 0 Å². The normalized spacial score (nSPS) is 27.8. The lowest BCUT2D eigenvalue weighted by molar-refractivity contribution is 0.0924. The minimum absolute atomic E-state index is 0. The summed E-state index contributed by atoms with van der Waals surface area (Å²) >= 11 is 3.48. The molecule has 0 aromatic heterocycles. The molecule has 2 bridgehead atoms. The molecule has 20 heavy (non-hydrogen) atoms. The van der Waals surface area contributed by atoms with Gasteiger partial charge in [0.2, 0.25) is 0 Å². The molecule has 2 aliphatic rings. The van der Waals surface area contributed by atoms with Gasteiger partial charge >= 0.3 is 0 Å². The van der Waals surface area contributed by atoms with E-state index in [2.05, 4.69) is 26.6 Å². The lowest BCUT2D eigenvalue weighted by Gasteiger charge is -2.29. The van der Waals surface area contributed by atoms with E-state index < -0.39 is 0 Å². The van der Waals surface area contributed by atoms with Crippen LogP contribution in [-0.4, -0.2) is 24.0 Å². The number of hydrogen-bond donors (Lipinski definition) is 2. The average Bonchev–Trinajstić information content (AvgIpc) is 2.72. The summed E-state index contributed by atoms with van der Waals surface area (Å²) in [6.45, 7) is 2.02. The van der Waals surface area contributed by atoms with Crippen LogP contribution in [0.3, 0.4) is 0 Å². The Labute approximate surface area is 134 Å². The number of piperidine rings is 1. The number of rotatable bonds is 2. The maximum absolute atomic E-state index is 12.3. The number of carbonyl (C=O) groups is 1. The molecule has 1 aromatic rings. The summed E-state index contributed by atoms with van der Waals surface area (Å²) < 4.78 is 0.991. The predicted molar refractivity (Wildman–Crippen MR) is 86.6 cm³/mol. The van der Waals surface area contributed by atoms with Gasteiger partial charge in [-0.1, -0.05) is 22.0 Å². The molecule has 2 saturated heterocycles. The van der Waals surface area contributed by atoms with Crippen molar-refractivity contribution in [2.75, 3.05) is 0 Å². The first-order chi connectivity index (χ1) is 9.11. The Morgan fingerprint density at radius 3 is 2.55 bits per heavy atom. The molecule has 2 heterocycles. The van der Waals surface area contributed by atoms with Crippen LogP contribution in [0.25, 0.3) is 0 Å². The summed E-state index contributed by atoms with van der Waals surface area (Å²) in [5, 5.41) is 6.77. The quantitative estimate of drug-likeness (QED) is 0.851. The van der Waals surface area contributed by atoms with Crippen molar-refractivity contribution in [3.63, 3.8) is 0 Å². The molecule has 110 valence electrons. The zero-order valence-corrected chi connectivity index (χ0v) is 13.9. The summed E-state index contributed by atoms with van der Waals surface area (Å²) in [7, 11) is 0. The van der Waals surface area contributed by atoms with Crippen LogP contribution in [0.5, 0.6) is 0 Å². The van der Waals surface area contributed by atoms with Crippen molar-refractivity contribution in [2.24, 2.45) is 0 Å². The number of halogens is 2. The van der Waals surface area contributed by atoms with E-state index in [0.717, 1.165) is 28.4 Å². The summed E-state index contributed by atoms with van der Waals surface area (Å²) in [6.07, 6.45) is 4.64. The highest BCUT2D eigenvalue weighted by molar-refractivity contribution is 9.10. The highest BCUT2D eigenvalue weighted by atomic mass is 79.9. The second-order valence-corrected chi connectivity index (χ2v) is 6.60. The zero-order valence-electron chi connectivity index (χ0n) is 11.5. The van der Waals surface area contributed by atoms with Gasteiger partial charge in [-0.3, -0.25) is 4.79 Å². The molecule has 2 aliphatic heterocycles. The van der Waals surface area contributed by atoms with Crippen molar-refractivity contribution in [1.29, 1.82) is 0 Å². The number of fused-ring (bicyclic) bond motifs is 2. The minimum atomic E-state index is 0. The first kappa shape index (κ1) is 15.8. The Morgan fingerprint density at radius 1 is 1.30 bits per heavy atom. The maximum atomic E-state index is 12.3. The summed E-state index contributed by atoms with van der Waals surface area (Å²) in [5.41, 5.74) is 1.89. The van der Waals surface area contributed by atoms with Crippen LogP contribution >= 0.6 is 28.3 Å². The van der Waals surface area contributed by atoms with E-state index in [0.29, 0.717) is 18.1 Å². The van der Waals surface area contributed by atoms with Crippen molar-refractivity contribution < 1.29 is 4.79 Å². The second kappa shape index (κ2) is 6.46. The first-order valence-corrected chi connectivity index (χ1v) is 7.74. The smallest absolute Gasteiger partial charge is 0.251 e. The molecule has 2 fully saturated rings. The van der Waals surface area contributed by atoms with E-state index in [-0.39, 0.29) is 18.3 Å². The molecule has 0 radical (unpaired) electrons. The third kappa shape index (κ3) is 3.35. The van der Waals surface area contributed by atoms with Crippen molar-refractivity contribution >= 4 is 34.2 Å². The van der Waals surface area contributed by atoms with Crippen LogP contribution in [0.2, 0.25) is 0 Å². The third-order valence-corrected chi connectivity index (χ3v) is 5.10. The zero-order chi connectivity index (χ0) is 13.4. The Bertz CT molecular complexity index is 497. The van der Waals surface area contributed by atoms with Crippen molar-refractivity contribution in [2.45, 2.75) is 50.7 Å². The molecule has 3 nitrogen and oxygen atoms in total. The number of amides is 1. The molecule has 0 aliphatic carbocycles. The molecular weight excluding hydrogens is 340 g/mol. The van der Waals surface area contributed by atoms with Crippen LogP contribution in [0.4, 0.5) is 0 Å². The summed E-state index contributed by atoms with van der Waals surface area (Å²) in [6, 6.07) is 7.31. The van der Waals surface area contributed by atoms with Gasteiger partial charge in [0.25, 0.3) is 5.91 Å². The number of carbonyl (C=O) groups excluding carboxylic acids is 1. The Morgan fingerprint density at radius 2 is 1.95 bits per heavy atom. The van der Waals surface area contributed by atoms with Crippen molar-refractivity contribution in [1.82, 2.24) is 10.6 Å². The standard InChI is InChI=1S/C15H19BrN2O.ClH/c1-9-2-3-10(6-14(9)16)15(19)18-13-7-11-4-5-12(8-13)17-11;/h2-3,6,11-13,17H,4-5,7-8H2,1H3,(H,18,19);1H. The largest absolute Gasteiger partial charge is 0.349 e. The molecule has 2 unspecified atom stereocenters. The molecule has 1 aromatic carbocycles. The van der Waals surface area contributed by atoms with Crippen molar-refractivity contribution in [3.05, 3.63) is 33.8 Å². The number of nitrogens with one attached hydrogen (secondary N) is 2. The molecule has 1 amide bonds. The van der Waals surface area contributed by atoms with Crippen LogP contribution < -0.4 is 10.6 Å². The summed E-state index contributed by atoms with van der Waals surface area (Å²) in [4.78, 5) is 12.3. The second-order valence-electron chi connectivity index (χ2n) is 5.74. The predicted octanol–water partition coefficient (Wildman–Crippen LogP) is 3.19. The van der Waals surface area contributed by atoms with Gasteiger partial charge in [0.15, 0.2) is 0 Å². The van der Waals surface area contributed by atoms with Crippen LogP contribution in [0.1, 0.15) is 41.6 Å². The molecule has 3 rings (SSSR count). The fourth-order valence-electron chi connectivity index (χ4n) is 3.18. The molecule has 0 saturated carbocycles. The summed E-state index contributed by atoms with van der Waals surface area (Å²) in [5.74, 6) is 0.0481. The average molecular weight is 360 g/mol. The van der Waals surface area contributed by atoms with Gasteiger partial charge in [0.1, 0.15) is 0 Å². The number of hydrogen-bond acceptors (Lipinski definition) is 2. The Kier molecular flexibility index (Phi) is 5.10. The SMILES string of the molecule is Cc1ccc(C(=O)NC2CC3CCC(C2)N3)cc1Br.Cl. The molecule has 2 atom stereocenters. The highest BCUT2D eigenvalue weighted by Gasteiger charge is 2.34. The third-order valence-electron chi connectivity index (χ3n) is 4.24. The molecular formula is C15H20BrClN2O. The first-order valence-electron chi connectivity index (χ1n) is 6.95. The Balaban J connectivity index is 0.00000147. The topological polar surface area (TPSA) is 41.1 Å². The monoisotopic (exact) mass is 358 g/mol. The van der Waals surface area contributed by atoms with Crippen LogP contribution in [0, 0.1) is 6.92 Å². The van der Waals surface area contributed by atoms with Gasteiger partial charge in [-0.15, -0.1) is 12.4 Å². The Hall–Kier alpha value is -0.580. The van der Waals surface area contributed by atoms with Crippen LogP contribution in [-0.2, 0) is 0 Å². The van der Waals surface area contributed by atoms with E-state index in [1.165, 1.54) is 12.8 Å². The van der Waals surface area contributed by atoms with Crippen molar-refractivity contribution in [3.8, 4) is 0 Å².